The van der Waals surface area contributed by atoms with Gasteiger partial charge in [0.1, 0.15) is 5.82 Å². The molecule has 5 heteroatoms. The molecule has 4 N–H and O–H groups in total. The zero-order valence-electron chi connectivity index (χ0n) is 10.8. The van der Waals surface area contributed by atoms with Crippen LogP contribution in [0.25, 0.3) is 0 Å². The number of carbonyl (C=O) groups is 1. The number of nitrogens with two attached hydrogens (primary N) is 1. The number of hydrogen-bond acceptors (Lipinski definition) is 2. The molecule has 0 saturated heterocycles. The Morgan fingerprint density at radius 2 is 2.00 bits per heavy atom. The Labute approximate surface area is 107 Å². The lowest BCUT2D eigenvalue weighted by atomic mass is 9.95. The van der Waals surface area contributed by atoms with Gasteiger partial charge in [0.25, 0.3) is 0 Å². The van der Waals surface area contributed by atoms with Crippen LogP contribution in [-0.4, -0.2) is 18.1 Å². The lowest BCUT2D eigenvalue weighted by Crippen LogP contribution is -2.48. The number of nitrogens with one attached hydrogen (secondary N) is 2. The number of carbonyl (C=O) groups excluding carboxylic acids is 1. The van der Waals surface area contributed by atoms with Gasteiger partial charge >= 0.3 is 6.03 Å². The minimum atomic E-state index is -0.331. The fraction of sp³-hybridized carbons (Fsp3) is 0.462. The van der Waals surface area contributed by atoms with E-state index in [0.717, 1.165) is 6.42 Å². The van der Waals surface area contributed by atoms with Crippen molar-refractivity contribution in [2.75, 3.05) is 11.9 Å². The molecule has 0 saturated carbocycles. The van der Waals surface area contributed by atoms with Crippen LogP contribution in [0.5, 0.6) is 0 Å². The quantitative estimate of drug-likeness (QED) is 0.754. The highest BCUT2D eigenvalue weighted by atomic mass is 19.1. The van der Waals surface area contributed by atoms with Crippen molar-refractivity contribution in [3.63, 3.8) is 0 Å². The van der Waals surface area contributed by atoms with Gasteiger partial charge < -0.3 is 16.4 Å². The van der Waals surface area contributed by atoms with Crippen LogP contribution in [0.4, 0.5) is 14.9 Å². The van der Waals surface area contributed by atoms with Gasteiger partial charge in [-0.3, -0.25) is 0 Å². The van der Waals surface area contributed by atoms with Crippen molar-refractivity contribution in [2.45, 2.75) is 32.2 Å². The minimum Gasteiger partial charge on any atom is -0.333 e. The van der Waals surface area contributed by atoms with Crippen molar-refractivity contribution in [1.82, 2.24) is 5.32 Å². The first-order valence-electron chi connectivity index (χ1n) is 6.04. The molecule has 0 bridgehead atoms. The molecule has 4 nitrogen and oxygen atoms in total. The van der Waals surface area contributed by atoms with Crippen LogP contribution in [0.15, 0.2) is 24.3 Å². The van der Waals surface area contributed by atoms with Crippen LogP contribution >= 0.6 is 0 Å². The van der Waals surface area contributed by atoms with Crippen LogP contribution in [0.2, 0.25) is 0 Å². The molecule has 1 rings (SSSR count). The summed E-state index contributed by atoms with van der Waals surface area (Å²) in [5, 5.41) is 5.54. The predicted octanol–water partition coefficient (Wildman–Crippen LogP) is 2.46. The van der Waals surface area contributed by atoms with E-state index in [9.17, 15) is 9.18 Å². The largest absolute Gasteiger partial charge is 0.333 e. The van der Waals surface area contributed by atoms with Crippen LogP contribution in [0, 0.1) is 5.82 Å². The van der Waals surface area contributed by atoms with Crippen molar-refractivity contribution in [3.05, 3.63) is 30.1 Å². The highest BCUT2D eigenvalue weighted by molar-refractivity contribution is 5.89. The molecule has 0 aliphatic rings. The molecular weight excluding hydrogens is 233 g/mol. The smallest absolute Gasteiger partial charge is 0.319 e. The van der Waals surface area contributed by atoms with E-state index >= 15 is 0 Å². The fourth-order valence-electron chi connectivity index (χ4n) is 1.62. The summed E-state index contributed by atoms with van der Waals surface area (Å²) < 4.78 is 12.7. The molecule has 100 valence electrons. The Hall–Kier alpha value is -1.62. The van der Waals surface area contributed by atoms with Crippen LogP contribution in [0.3, 0.4) is 0 Å². The monoisotopic (exact) mass is 253 g/mol. The highest BCUT2D eigenvalue weighted by Crippen LogP contribution is 2.14. The van der Waals surface area contributed by atoms with Crippen LogP contribution < -0.4 is 16.4 Å². The van der Waals surface area contributed by atoms with Gasteiger partial charge in [-0.2, -0.15) is 0 Å². The molecule has 18 heavy (non-hydrogen) atoms. The maximum Gasteiger partial charge on any atom is 0.319 e. The summed E-state index contributed by atoms with van der Waals surface area (Å²) >= 11 is 0. The second-order valence-corrected chi connectivity index (χ2v) is 4.54. The number of benzene rings is 1. The maximum atomic E-state index is 12.7. The standard InChI is InChI=1S/C13H20FN3O/c1-3-13(2,8-9-15)17-12(18)16-11-6-4-10(14)5-7-11/h4-7H,3,8-9,15H2,1-2H3,(H2,16,17,18). The third kappa shape index (κ3) is 4.33. The molecule has 0 heterocycles. The third-order valence-electron chi connectivity index (χ3n) is 2.99. The summed E-state index contributed by atoms with van der Waals surface area (Å²) in [4.78, 5) is 11.8. The van der Waals surface area contributed by atoms with E-state index in [2.05, 4.69) is 10.6 Å². The van der Waals surface area contributed by atoms with Gasteiger partial charge in [0, 0.05) is 11.2 Å². The van der Waals surface area contributed by atoms with Crippen molar-refractivity contribution in [2.24, 2.45) is 5.73 Å². The number of anilines is 1. The Bertz CT molecular complexity index is 394. The van der Waals surface area contributed by atoms with Gasteiger partial charge in [-0.25, -0.2) is 9.18 Å². The van der Waals surface area contributed by atoms with Gasteiger partial charge in [-0.15, -0.1) is 0 Å². The third-order valence-corrected chi connectivity index (χ3v) is 2.99. The predicted molar refractivity (Wildman–Crippen MR) is 70.9 cm³/mol. The Kier molecular flexibility index (Phi) is 5.09. The molecular formula is C13H20FN3O. The summed E-state index contributed by atoms with van der Waals surface area (Å²) in [7, 11) is 0. The molecule has 0 aliphatic carbocycles. The summed E-state index contributed by atoms with van der Waals surface area (Å²) in [5.74, 6) is -0.331. The summed E-state index contributed by atoms with van der Waals surface area (Å²) in [6.07, 6.45) is 1.50. The van der Waals surface area contributed by atoms with E-state index in [0.29, 0.717) is 18.7 Å². The minimum absolute atomic E-state index is 0.306. The number of hydrogen-bond donors (Lipinski definition) is 3. The van der Waals surface area contributed by atoms with Crippen molar-refractivity contribution < 1.29 is 9.18 Å². The van der Waals surface area contributed by atoms with Gasteiger partial charge in [0.15, 0.2) is 0 Å². The topological polar surface area (TPSA) is 67.1 Å². The van der Waals surface area contributed by atoms with E-state index in [4.69, 9.17) is 5.73 Å². The Balaban J connectivity index is 2.58. The lowest BCUT2D eigenvalue weighted by molar-refractivity contribution is 0.235. The van der Waals surface area contributed by atoms with Gasteiger partial charge in [0.2, 0.25) is 0 Å². The lowest BCUT2D eigenvalue weighted by Gasteiger charge is -2.29. The van der Waals surface area contributed by atoms with Crippen LogP contribution in [-0.2, 0) is 0 Å². The fourth-order valence-corrected chi connectivity index (χ4v) is 1.62. The molecule has 2 amide bonds. The maximum absolute atomic E-state index is 12.7. The van der Waals surface area contributed by atoms with E-state index in [1.807, 2.05) is 13.8 Å². The van der Waals surface area contributed by atoms with Crippen molar-refractivity contribution >= 4 is 11.7 Å². The van der Waals surface area contributed by atoms with Gasteiger partial charge in [-0.05, 0) is 50.6 Å². The molecule has 0 aliphatic heterocycles. The summed E-state index contributed by atoms with van der Waals surface area (Å²) in [6, 6.07) is 5.32. The van der Waals surface area contributed by atoms with E-state index < -0.39 is 0 Å². The molecule has 1 atom stereocenters. The molecule has 1 aromatic rings. The zero-order chi connectivity index (χ0) is 13.6. The van der Waals surface area contributed by atoms with E-state index in [-0.39, 0.29) is 17.4 Å². The molecule has 0 aromatic heterocycles. The first-order chi connectivity index (χ1) is 8.49. The van der Waals surface area contributed by atoms with E-state index in [1.54, 1.807) is 0 Å². The Morgan fingerprint density at radius 1 is 1.39 bits per heavy atom. The molecule has 0 radical (unpaired) electrons. The average molecular weight is 253 g/mol. The van der Waals surface area contributed by atoms with Gasteiger partial charge in [0.05, 0.1) is 0 Å². The van der Waals surface area contributed by atoms with Gasteiger partial charge in [-0.1, -0.05) is 6.92 Å². The second kappa shape index (κ2) is 6.35. The van der Waals surface area contributed by atoms with Crippen molar-refractivity contribution in [3.8, 4) is 0 Å². The number of halogens is 1. The Morgan fingerprint density at radius 3 is 2.50 bits per heavy atom. The number of amides is 2. The van der Waals surface area contributed by atoms with E-state index in [1.165, 1.54) is 24.3 Å². The highest BCUT2D eigenvalue weighted by Gasteiger charge is 2.23. The number of urea groups is 1. The summed E-state index contributed by atoms with van der Waals surface area (Å²) in [5.41, 5.74) is 5.76. The normalized spacial score (nSPS) is 13.8. The molecule has 1 unspecified atom stereocenters. The summed E-state index contributed by atoms with van der Waals surface area (Å²) in [6.45, 7) is 4.46. The number of rotatable bonds is 5. The molecule has 0 spiro atoms. The second-order valence-electron chi connectivity index (χ2n) is 4.54. The SMILES string of the molecule is CCC(C)(CCN)NC(=O)Nc1ccc(F)cc1. The van der Waals surface area contributed by atoms with Crippen LogP contribution in [0.1, 0.15) is 26.7 Å². The van der Waals surface area contributed by atoms with Crippen molar-refractivity contribution in [1.29, 1.82) is 0 Å². The zero-order valence-corrected chi connectivity index (χ0v) is 10.8. The average Bonchev–Trinajstić information content (AvgIpc) is 2.32. The molecule has 0 fully saturated rings. The first-order valence-corrected chi connectivity index (χ1v) is 6.04. The first kappa shape index (κ1) is 14.4. The molecule has 1 aromatic carbocycles.